The van der Waals surface area contributed by atoms with Crippen LogP contribution in [0.3, 0.4) is 0 Å². The largest absolute Gasteiger partial charge is 0.360 e. The predicted molar refractivity (Wildman–Crippen MR) is 73.7 cm³/mol. The molecule has 0 atom stereocenters. The van der Waals surface area contributed by atoms with E-state index in [-0.39, 0.29) is 11.3 Å². The number of hydrogen-bond acceptors (Lipinski definition) is 5. The molecule has 1 aromatic carbocycles. The van der Waals surface area contributed by atoms with Gasteiger partial charge < -0.3 is 10.6 Å². The number of hydrogen-bond donors (Lipinski definition) is 2. The van der Waals surface area contributed by atoms with Crippen molar-refractivity contribution in [2.75, 3.05) is 11.9 Å². The van der Waals surface area contributed by atoms with Crippen LogP contribution in [0.25, 0.3) is 0 Å². The molecule has 1 amide bonds. The summed E-state index contributed by atoms with van der Waals surface area (Å²) in [7, 11) is 0. The van der Waals surface area contributed by atoms with Gasteiger partial charge in [0, 0.05) is 30.6 Å². The fourth-order valence-corrected chi connectivity index (χ4v) is 1.35. The van der Waals surface area contributed by atoms with Gasteiger partial charge in [-0.15, -0.1) is 0 Å². The number of nitrogens with one attached hydrogen (secondary N) is 2. The van der Waals surface area contributed by atoms with Crippen LogP contribution in [-0.2, 0) is 4.79 Å². The molecule has 0 saturated heterocycles. The standard InChI is InChI=1S/C13H14N4O3/c1-2-6-15-13(18)10(8-14)9-16-11-4-3-5-12(7-11)17(19)20/h3-5,7,9,16H,2,6H2,1H3,(H,15,18)/b10-9-. The molecular formula is C13H14N4O3. The van der Waals surface area contributed by atoms with Crippen LogP contribution in [0.5, 0.6) is 0 Å². The van der Waals surface area contributed by atoms with Gasteiger partial charge in [-0.1, -0.05) is 13.0 Å². The van der Waals surface area contributed by atoms with Crippen molar-refractivity contribution in [1.29, 1.82) is 5.26 Å². The Morgan fingerprint density at radius 3 is 2.90 bits per heavy atom. The number of carbonyl (C=O) groups excluding carboxylic acids is 1. The molecule has 1 rings (SSSR count). The van der Waals surface area contributed by atoms with Gasteiger partial charge in [0.2, 0.25) is 0 Å². The van der Waals surface area contributed by atoms with Gasteiger partial charge >= 0.3 is 0 Å². The molecule has 0 aliphatic heterocycles. The quantitative estimate of drug-likeness (QED) is 0.356. The van der Waals surface area contributed by atoms with Gasteiger partial charge in [-0.3, -0.25) is 14.9 Å². The van der Waals surface area contributed by atoms with E-state index in [1.54, 1.807) is 12.1 Å². The average Bonchev–Trinajstić information content (AvgIpc) is 2.46. The first-order valence-electron chi connectivity index (χ1n) is 5.98. The summed E-state index contributed by atoms with van der Waals surface area (Å²) in [4.78, 5) is 21.7. The number of benzene rings is 1. The summed E-state index contributed by atoms with van der Waals surface area (Å²) in [5, 5.41) is 24.8. The Hall–Kier alpha value is -2.88. The van der Waals surface area contributed by atoms with Crippen molar-refractivity contribution >= 4 is 17.3 Å². The lowest BCUT2D eigenvalue weighted by molar-refractivity contribution is -0.384. The molecule has 7 nitrogen and oxygen atoms in total. The van der Waals surface area contributed by atoms with Crippen molar-refractivity contribution < 1.29 is 9.72 Å². The molecule has 0 bridgehead atoms. The van der Waals surface area contributed by atoms with E-state index in [1.807, 2.05) is 6.92 Å². The van der Waals surface area contributed by atoms with Gasteiger partial charge in [0.05, 0.1) is 4.92 Å². The van der Waals surface area contributed by atoms with E-state index in [1.165, 1.54) is 24.4 Å². The third-order valence-electron chi connectivity index (χ3n) is 2.34. The molecule has 0 radical (unpaired) electrons. The van der Waals surface area contributed by atoms with Crippen molar-refractivity contribution in [2.45, 2.75) is 13.3 Å². The lowest BCUT2D eigenvalue weighted by Crippen LogP contribution is -2.25. The van der Waals surface area contributed by atoms with Crippen LogP contribution in [0.4, 0.5) is 11.4 Å². The molecule has 0 heterocycles. The summed E-state index contributed by atoms with van der Waals surface area (Å²) in [5.74, 6) is -0.479. The number of nitro groups is 1. The molecule has 0 unspecified atom stereocenters. The highest BCUT2D eigenvalue weighted by molar-refractivity contribution is 5.97. The maximum atomic E-state index is 11.6. The van der Waals surface area contributed by atoms with Crippen molar-refractivity contribution in [3.63, 3.8) is 0 Å². The van der Waals surface area contributed by atoms with Crippen molar-refractivity contribution in [3.8, 4) is 6.07 Å². The molecular weight excluding hydrogens is 260 g/mol. The zero-order chi connectivity index (χ0) is 15.0. The van der Waals surface area contributed by atoms with E-state index < -0.39 is 10.8 Å². The van der Waals surface area contributed by atoms with Crippen molar-refractivity contribution in [1.82, 2.24) is 5.32 Å². The van der Waals surface area contributed by atoms with Crippen LogP contribution in [0.15, 0.2) is 36.0 Å². The topological polar surface area (TPSA) is 108 Å². The third-order valence-corrected chi connectivity index (χ3v) is 2.34. The fourth-order valence-electron chi connectivity index (χ4n) is 1.35. The number of nitro benzene ring substituents is 1. The van der Waals surface area contributed by atoms with Crippen molar-refractivity contribution in [3.05, 3.63) is 46.2 Å². The molecule has 0 saturated carbocycles. The van der Waals surface area contributed by atoms with Gasteiger partial charge in [0.15, 0.2) is 0 Å². The van der Waals surface area contributed by atoms with Gasteiger partial charge in [0.1, 0.15) is 11.6 Å². The van der Waals surface area contributed by atoms with Gasteiger partial charge in [0.25, 0.3) is 11.6 Å². The van der Waals surface area contributed by atoms with Gasteiger partial charge in [-0.2, -0.15) is 5.26 Å². The smallest absolute Gasteiger partial charge is 0.271 e. The van der Waals surface area contributed by atoms with Gasteiger partial charge in [-0.05, 0) is 12.5 Å². The van der Waals surface area contributed by atoms with E-state index in [9.17, 15) is 14.9 Å². The number of nitriles is 1. The molecule has 2 N–H and O–H groups in total. The maximum absolute atomic E-state index is 11.6. The molecule has 0 aromatic heterocycles. The van der Waals surface area contributed by atoms with Crippen LogP contribution in [0.1, 0.15) is 13.3 Å². The Morgan fingerprint density at radius 2 is 2.30 bits per heavy atom. The highest BCUT2D eigenvalue weighted by Gasteiger charge is 2.08. The monoisotopic (exact) mass is 274 g/mol. The van der Waals surface area contributed by atoms with E-state index in [2.05, 4.69) is 10.6 Å². The second kappa shape index (κ2) is 7.53. The molecule has 0 aliphatic carbocycles. The molecule has 0 spiro atoms. The SMILES string of the molecule is CCCNC(=O)/C(C#N)=C\Nc1cccc([N+](=O)[O-])c1. The zero-order valence-electron chi connectivity index (χ0n) is 10.9. The highest BCUT2D eigenvalue weighted by atomic mass is 16.6. The summed E-state index contributed by atoms with van der Waals surface area (Å²) in [6.45, 7) is 2.38. The Labute approximate surface area is 116 Å². The van der Waals surface area contributed by atoms with Crippen molar-refractivity contribution in [2.24, 2.45) is 0 Å². The van der Waals surface area contributed by atoms with E-state index >= 15 is 0 Å². The zero-order valence-corrected chi connectivity index (χ0v) is 10.9. The minimum absolute atomic E-state index is 0.0719. The molecule has 1 aromatic rings. The number of nitrogens with zero attached hydrogens (tertiary/aromatic N) is 2. The molecule has 20 heavy (non-hydrogen) atoms. The Kier molecular flexibility index (Phi) is 5.72. The Balaban J connectivity index is 2.79. The minimum atomic E-state index is -0.520. The average molecular weight is 274 g/mol. The molecule has 0 aliphatic rings. The van der Waals surface area contributed by atoms with Crippen LogP contribution >= 0.6 is 0 Å². The van der Waals surface area contributed by atoms with E-state index in [0.29, 0.717) is 12.2 Å². The number of non-ortho nitro benzene ring substituents is 1. The van der Waals surface area contributed by atoms with Crippen LogP contribution in [-0.4, -0.2) is 17.4 Å². The number of amides is 1. The summed E-state index contributed by atoms with van der Waals surface area (Å²) in [6, 6.07) is 7.55. The minimum Gasteiger partial charge on any atom is -0.360 e. The van der Waals surface area contributed by atoms with Crippen LogP contribution in [0.2, 0.25) is 0 Å². The first-order chi connectivity index (χ1) is 9.58. The lowest BCUT2D eigenvalue weighted by atomic mass is 10.2. The summed E-state index contributed by atoms with van der Waals surface area (Å²) in [5.41, 5.74) is 0.262. The van der Waals surface area contributed by atoms with Gasteiger partial charge in [-0.25, -0.2) is 0 Å². The predicted octanol–water partition coefficient (Wildman–Crippen LogP) is 1.94. The van der Waals surface area contributed by atoms with E-state index in [0.717, 1.165) is 6.42 Å². The Bertz CT molecular complexity index is 575. The second-order valence-corrected chi connectivity index (χ2v) is 3.88. The summed E-state index contributed by atoms with van der Waals surface area (Å²) < 4.78 is 0. The number of anilines is 1. The number of rotatable bonds is 6. The molecule has 7 heteroatoms. The fraction of sp³-hybridized carbons (Fsp3) is 0.231. The second-order valence-electron chi connectivity index (χ2n) is 3.88. The van der Waals surface area contributed by atoms with E-state index in [4.69, 9.17) is 5.26 Å². The maximum Gasteiger partial charge on any atom is 0.271 e. The first-order valence-corrected chi connectivity index (χ1v) is 5.98. The van der Waals surface area contributed by atoms with Crippen LogP contribution in [0, 0.1) is 21.4 Å². The number of carbonyl (C=O) groups is 1. The lowest BCUT2D eigenvalue weighted by Gasteiger charge is -2.03. The summed E-state index contributed by atoms with van der Waals surface area (Å²) in [6.07, 6.45) is 1.99. The molecule has 104 valence electrons. The van der Waals surface area contributed by atoms with Crippen LogP contribution < -0.4 is 10.6 Å². The highest BCUT2D eigenvalue weighted by Crippen LogP contribution is 2.17. The molecule has 0 fully saturated rings. The third kappa shape index (κ3) is 4.42. The Morgan fingerprint density at radius 1 is 1.55 bits per heavy atom. The normalized spacial score (nSPS) is 10.5. The summed E-state index contributed by atoms with van der Waals surface area (Å²) >= 11 is 0. The first kappa shape index (κ1) is 15.2.